The van der Waals surface area contributed by atoms with Gasteiger partial charge >= 0.3 is 0 Å². The number of aromatic nitrogens is 1. The number of carbonyl (C=O) groups is 3. The molecule has 1 aliphatic heterocycles. The lowest BCUT2D eigenvalue weighted by Crippen LogP contribution is -2.64. The van der Waals surface area contributed by atoms with E-state index in [2.05, 4.69) is 10.6 Å². The summed E-state index contributed by atoms with van der Waals surface area (Å²) in [6, 6.07) is 11.3. The zero-order valence-corrected chi connectivity index (χ0v) is 20.3. The summed E-state index contributed by atoms with van der Waals surface area (Å²) in [5.74, 6) is -0.133. The maximum Gasteiger partial charge on any atom is 0.274 e. The van der Waals surface area contributed by atoms with Gasteiger partial charge in [-0.15, -0.1) is 0 Å². The summed E-state index contributed by atoms with van der Waals surface area (Å²) >= 11 is 0. The number of anilines is 1. The standard InChI is InChI=1S/C27H32N4O4/c1-18(32)28-23-21-13-7-8-14-22(21)30-17-27(2,26(34)29-19-10-5-3-4-6-11-19)31(25(33)24(23)30)16-20-12-9-15-35-20/h7-9,12-15,19H,3-6,10-11,16-17H2,1-2H3,(H,28,32)(H,29,34)/t27-/m1/s1. The van der Waals surface area contributed by atoms with Crippen LogP contribution < -0.4 is 10.6 Å². The first-order chi connectivity index (χ1) is 16.9. The molecule has 3 heterocycles. The molecule has 8 heteroatoms. The molecule has 1 aliphatic carbocycles. The molecule has 1 fully saturated rings. The second-order valence-electron chi connectivity index (χ2n) is 9.91. The van der Waals surface area contributed by atoms with E-state index in [1.165, 1.54) is 19.8 Å². The molecule has 0 saturated heterocycles. The van der Waals surface area contributed by atoms with Gasteiger partial charge in [-0.3, -0.25) is 14.4 Å². The molecule has 0 spiro atoms. The van der Waals surface area contributed by atoms with Crippen molar-refractivity contribution >= 4 is 34.3 Å². The smallest absolute Gasteiger partial charge is 0.274 e. The summed E-state index contributed by atoms with van der Waals surface area (Å²) in [5.41, 5.74) is 0.533. The van der Waals surface area contributed by atoms with Crippen molar-refractivity contribution in [2.24, 2.45) is 0 Å². The van der Waals surface area contributed by atoms with E-state index in [1.807, 2.05) is 35.8 Å². The highest BCUT2D eigenvalue weighted by atomic mass is 16.3. The fourth-order valence-corrected chi connectivity index (χ4v) is 5.50. The van der Waals surface area contributed by atoms with Gasteiger partial charge in [-0.25, -0.2) is 0 Å². The zero-order valence-electron chi connectivity index (χ0n) is 20.3. The molecule has 3 amide bonds. The van der Waals surface area contributed by atoms with Crippen molar-refractivity contribution in [3.63, 3.8) is 0 Å². The third-order valence-electron chi connectivity index (χ3n) is 7.36. The van der Waals surface area contributed by atoms with E-state index in [9.17, 15) is 14.4 Å². The molecule has 35 heavy (non-hydrogen) atoms. The fraction of sp³-hybridized carbons (Fsp3) is 0.444. The summed E-state index contributed by atoms with van der Waals surface area (Å²) in [6.45, 7) is 3.68. The molecule has 184 valence electrons. The predicted octanol–water partition coefficient (Wildman–Crippen LogP) is 4.45. The van der Waals surface area contributed by atoms with Gasteiger partial charge in [-0.2, -0.15) is 0 Å². The van der Waals surface area contributed by atoms with Crippen LogP contribution in [0, 0.1) is 0 Å². The zero-order chi connectivity index (χ0) is 24.6. The Bertz CT molecular complexity index is 1250. The van der Waals surface area contributed by atoms with Gasteiger partial charge in [0.25, 0.3) is 5.91 Å². The first kappa shape index (κ1) is 23.2. The van der Waals surface area contributed by atoms with Crippen molar-refractivity contribution in [1.82, 2.24) is 14.8 Å². The van der Waals surface area contributed by atoms with Crippen LogP contribution in [-0.2, 0) is 22.7 Å². The van der Waals surface area contributed by atoms with Gasteiger partial charge in [0.1, 0.15) is 17.0 Å². The molecule has 1 aromatic carbocycles. The molecular formula is C27H32N4O4. The summed E-state index contributed by atoms with van der Waals surface area (Å²) in [6.07, 6.45) is 8.06. The Kier molecular flexibility index (Phi) is 6.13. The molecule has 8 nitrogen and oxygen atoms in total. The van der Waals surface area contributed by atoms with Gasteiger partial charge in [0.2, 0.25) is 11.8 Å². The molecule has 2 N–H and O–H groups in total. The van der Waals surface area contributed by atoms with Crippen molar-refractivity contribution in [3.8, 4) is 0 Å². The molecular weight excluding hydrogens is 444 g/mol. The number of nitrogens with one attached hydrogen (secondary N) is 2. The number of carbonyl (C=O) groups excluding carboxylic acids is 3. The van der Waals surface area contributed by atoms with Crippen LogP contribution in [0.5, 0.6) is 0 Å². The van der Waals surface area contributed by atoms with E-state index in [0.29, 0.717) is 17.1 Å². The van der Waals surface area contributed by atoms with Crippen LogP contribution >= 0.6 is 0 Å². The molecule has 1 atom stereocenters. The number of fused-ring (bicyclic) bond motifs is 3. The Labute approximate surface area is 204 Å². The normalized spacial score (nSPS) is 21.0. The minimum Gasteiger partial charge on any atom is -0.467 e. The number of amides is 3. The predicted molar refractivity (Wildman–Crippen MR) is 133 cm³/mol. The molecule has 0 bridgehead atoms. The van der Waals surface area contributed by atoms with Gasteiger partial charge in [0.15, 0.2) is 0 Å². The first-order valence-corrected chi connectivity index (χ1v) is 12.4. The van der Waals surface area contributed by atoms with Crippen LogP contribution in [0.2, 0.25) is 0 Å². The Morgan fingerprint density at radius 3 is 2.51 bits per heavy atom. The lowest BCUT2D eigenvalue weighted by atomic mass is 9.93. The summed E-state index contributed by atoms with van der Waals surface area (Å²) in [5, 5.41) is 6.91. The van der Waals surface area contributed by atoms with E-state index >= 15 is 0 Å². The lowest BCUT2D eigenvalue weighted by molar-refractivity contribution is -0.134. The molecule has 3 aromatic rings. The van der Waals surface area contributed by atoms with Crippen molar-refractivity contribution in [3.05, 3.63) is 54.1 Å². The lowest BCUT2D eigenvalue weighted by Gasteiger charge is -2.44. The van der Waals surface area contributed by atoms with Crippen LogP contribution in [0.4, 0.5) is 5.69 Å². The molecule has 2 aliphatic rings. The van der Waals surface area contributed by atoms with Crippen molar-refractivity contribution < 1.29 is 18.8 Å². The second kappa shape index (κ2) is 9.24. The topological polar surface area (TPSA) is 96.6 Å². The van der Waals surface area contributed by atoms with E-state index in [-0.39, 0.29) is 36.9 Å². The highest BCUT2D eigenvalue weighted by molar-refractivity contribution is 6.14. The third-order valence-corrected chi connectivity index (χ3v) is 7.36. The highest BCUT2D eigenvalue weighted by Crippen LogP contribution is 2.39. The number of rotatable bonds is 5. The molecule has 2 aromatic heterocycles. The first-order valence-electron chi connectivity index (χ1n) is 12.4. The second-order valence-corrected chi connectivity index (χ2v) is 9.91. The summed E-state index contributed by atoms with van der Waals surface area (Å²) in [4.78, 5) is 41.7. The Morgan fingerprint density at radius 1 is 1.09 bits per heavy atom. The van der Waals surface area contributed by atoms with Crippen LogP contribution in [0.1, 0.15) is 68.6 Å². The van der Waals surface area contributed by atoms with Gasteiger partial charge in [0.05, 0.1) is 30.6 Å². The maximum absolute atomic E-state index is 14.1. The highest BCUT2D eigenvalue weighted by Gasteiger charge is 2.49. The molecule has 0 radical (unpaired) electrons. The minimum absolute atomic E-state index is 0.111. The van der Waals surface area contributed by atoms with Gasteiger partial charge < -0.3 is 24.5 Å². The summed E-state index contributed by atoms with van der Waals surface area (Å²) in [7, 11) is 0. The quantitative estimate of drug-likeness (QED) is 0.532. The molecule has 0 unspecified atom stereocenters. The van der Waals surface area contributed by atoms with Gasteiger partial charge in [0, 0.05) is 18.4 Å². The Balaban J connectivity index is 1.60. The van der Waals surface area contributed by atoms with Crippen LogP contribution in [0.3, 0.4) is 0 Å². The Morgan fingerprint density at radius 2 is 1.83 bits per heavy atom. The molecule has 1 saturated carbocycles. The van der Waals surface area contributed by atoms with E-state index in [1.54, 1.807) is 23.3 Å². The van der Waals surface area contributed by atoms with Crippen LogP contribution in [0.25, 0.3) is 10.9 Å². The number of para-hydroxylation sites is 1. The van der Waals surface area contributed by atoms with Gasteiger partial charge in [-0.1, -0.05) is 43.9 Å². The molecule has 5 rings (SSSR count). The fourth-order valence-electron chi connectivity index (χ4n) is 5.50. The van der Waals surface area contributed by atoms with E-state index in [4.69, 9.17) is 4.42 Å². The van der Waals surface area contributed by atoms with Crippen molar-refractivity contribution in [1.29, 1.82) is 0 Å². The number of hydrogen-bond acceptors (Lipinski definition) is 4. The number of benzene rings is 1. The summed E-state index contributed by atoms with van der Waals surface area (Å²) < 4.78 is 7.45. The monoisotopic (exact) mass is 476 g/mol. The van der Waals surface area contributed by atoms with Gasteiger partial charge in [-0.05, 0) is 38.0 Å². The Hall–Kier alpha value is -3.55. The average molecular weight is 477 g/mol. The van der Waals surface area contributed by atoms with Crippen LogP contribution in [0.15, 0.2) is 47.1 Å². The van der Waals surface area contributed by atoms with Crippen molar-refractivity contribution in [2.75, 3.05) is 5.32 Å². The third kappa shape index (κ3) is 4.22. The van der Waals surface area contributed by atoms with E-state index in [0.717, 1.165) is 36.6 Å². The van der Waals surface area contributed by atoms with E-state index < -0.39 is 5.54 Å². The SMILES string of the molecule is CC(=O)Nc1c2n(c3ccccc13)C[C@](C)(C(=O)NC1CCCCCC1)N(Cc1ccco1)C2=O. The number of nitrogens with zero attached hydrogens (tertiary/aromatic N) is 2. The largest absolute Gasteiger partial charge is 0.467 e. The maximum atomic E-state index is 14.1. The minimum atomic E-state index is -1.14. The van der Waals surface area contributed by atoms with Crippen LogP contribution in [-0.4, -0.2) is 38.8 Å². The van der Waals surface area contributed by atoms with Crippen molar-refractivity contribution in [2.45, 2.75) is 77.0 Å². The average Bonchev–Trinajstić information content (AvgIpc) is 3.36. The number of hydrogen-bond donors (Lipinski definition) is 2. The number of furan rings is 1.